The van der Waals surface area contributed by atoms with Gasteiger partial charge >= 0.3 is 0 Å². The summed E-state index contributed by atoms with van der Waals surface area (Å²) in [7, 11) is 0. The Morgan fingerprint density at radius 1 is 1.10 bits per heavy atom. The topological polar surface area (TPSA) is 64.0 Å². The Kier molecular flexibility index (Phi) is 3.94. The Bertz CT molecular complexity index is 648. The van der Waals surface area contributed by atoms with Gasteiger partial charge in [-0.2, -0.15) is 4.57 Å². The normalized spacial score (nSPS) is 11.9. The molecule has 4 heteroatoms. The quantitative estimate of drug-likeness (QED) is 0.679. The summed E-state index contributed by atoms with van der Waals surface area (Å²) in [6, 6.07) is 10.4. The number of ketones is 1. The number of primary amides is 1. The highest BCUT2D eigenvalue weighted by Gasteiger charge is 2.24. The van der Waals surface area contributed by atoms with Gasteiger partial charge in [-0.05, 0) is 13.0 Å². The second-order valence-corrected chi connectivity index (χ2v) is 4.81. The highest BCUT2D eigenvalue weighted by atomic mass is 16.1. The number of amides is 1. The molecule has 0 spiro atoms. The lowest BCUT2D eigenvalue weighted by atomic mass is 10.0. The van der Waals surface area contributed by atoms with Crippen molar-refractivity contribution in [2.75, 3.05) is 0 Å². The fourth-order valence-corrected chi connectivity index (χ4v) is 1.97. The Morgan fingerprint density at radius 2 is 1.75 bits per heavy atom. The van der Waals surface area contributed by atoms with Crippen LogP contribution in [0.3, 0.4) is 0 Å². The molecule has 102 valence electrons. The molecule has 1 amide bonds. The van der Waals surface area contributed by atoms with Gasteiger partial charge < -0.3 is 5.73 Å². The van der Waals surface area contributed by atoms with Crippen molar-refractivity contribution in [1.29, 1.82) is 0 Å². The van der Waals surface area contributed by atoms with Gasteiger partial charge in [0.15, 0.2) is 12.4 Å². The number of nitrogens with two attached hydrogens (primary N) is 1. The lowest BCUT2D eigenvalue weighted by molar-refractivity contribution is -0.704. The molecule has 1 aromatic heterocycles. The molecule has 0 unspecified atom stereocenters. The highest BCUT2D eigenvalue weighted by Crippen LogP contribution is 2.10. The molecule has 0 fully saturated rings. The number of hydrogen-bond donors (Lipinski definition) is 1. The summed E-state index contributed by atoms with van der Waals surface area (Å²) in [5, 5.41) is 0. The first-order valence-corrected chi connectivity index (χ1v) is 6.40. The molecule has 1 heterocycles. The van der Waals surface area contributed by atoms with Crippen LogP contribution >= 0.6 is 0 Å². The molecule has 0 radical (unpaired) electrons. The maximum Gasteiger partial charge on any atom is 0.254 e. The third-order valence-corrected chi connectivity index (χ3v) is 3.27. The first-order chi connectivity index (χ1) is 9.49. The SMILES string of the molecule is Cc1ccc(C(=O)[C@H](C)[n+]2cccc(C(N)=O)c2)cc1. The standard InChI is InChI=1S/C16H16N2O2/c1-11-5-7-13(8-6-11)15(19)12(2)18-9-3-4-14(10-18)16(17)20/h3-10,12H,1-2H3,(H-,17,20)/p+1/t12-/m0/s1. The van der Waals surface area contributed by atoms with Crippen molar-refractivity contribution in [1.82, 2.24) is 0 Å². The fraction of sp³-hybridized carbons (Fsp3) is 0.188. The molecule has 0 saturated carbocycles. The van der Waals surface area contributed by atoms with Crippen LogP contribution in [0.4, 0.5) is 0 Å². The number of Topliss-reactive ketones (excluding diaryl/α,β-unsaturated/α-hetero) is 1. The molecule has 0 saturated heterocycles. The van der Waals surface area contributed by atoms with E-state index in [2.05, 4.69) is 0 Å². The zero-order chi connectivity index (χ0) is 14.7. The molecule has 1 atom stereocenters. The van der Waals surface area contributed by atoms with Crippen LogP contribution in [0.25, 0.3) is 0 Å². The molecule has 0 aliphatic carbocycles. The molecule has 20 heavy (non-hydrogen) atoms. The first-order valence-electron chi connectivity index (χ1n) is 6.40. The number of rotatable bonds is 4. The molecule has 1 aromatic carbocycles. The molecular weight excluding hydrogens is 252 g/mol. The van der Waals surface area contributed by atoms with E-state index in [0.717, 1.165) is 5.56 Å². The van der Waals surface area contributed by atoms with Gasteiger partial charge in [0.25, 0.3) is 5.91 Å². The Balaban J connectivity index is 2.28. The summed E-state index contributed by atoms with van der Waals surface area (Å²) >= 11 is 0. The fourth-order valence-electron chi connectivity index (χ4n) is 1.97. The Labute approximate surface area is 117 Å². The van der Waals surface area contributed by atoms with Crippen LogP contribution in [-0.4, -0.2) is 11.7 Å². The van der Waals surface area contributed by atoms with Crippen LogP contribution in [0.15, 0.2) is 48.8 Å². The van der Waals surface area contributed by atoms with E-state index in [4.69, 9.17) is 5.73 Å². The van der Waals surface area contributed by atoms with Gasteiger partial charge in [-0.1, -0.05) is 29.8 Å². The van der Waals surface area contributed by atoms with Crippen LogP contribution in [0.5, 0.6) is 0 Å². The van der Waals surface area contributed by atoms with Crippen molar-refractivity contribution in [3.63, 3.8) is 0 Å². The van der Waals surface area contributed by atoms with Crippen LogP contribution in [0, 0.1) is 6.92 Å². The summed E-state index contributed by atoms with van der Waals surface area (Å²) in [4.78, 5) is 23.6. The first kappa shape index (κ1) is 13.9. The number of carbonyl (C=O) groups excluding carboxylic acids is 2. The van der Waals surface area contributed by atoms with E-state index >= 15 is 0 Å². The summed E-state index contributed by atoms with van der Waals surface area (Å²) in [5.41, 5.74) is 7.40. The van der Waals surface area contributed by atoms with Crippen LogP contribution in [0.1, 0.15) is 39.2 Å². The third-order valence-electron chi connectivity index (χ3n) is 3.27. The van der Waals surface area contributed by atoms with Crippen molar-refractivity contribution in [3.05, 3.63) is 65.5 Å². The summed E-state index contributed by atoms with van der Waals surface area (Å²) in [6.07, 6.45) is 3.35. The minimum atomic E-state index is -0.505. The Hall–Kier alpha value is -2.49. The number of nitrogens with zero attached hydrogens (tertiary/aromatic N) is 1. The lowest BCUT2D eigenvalue weighted by Crippen LogP contribution is -2.42. The van der Waals surface area contributed by atoms with Gasteiger partial charge in [0.2, 0.25) is 11.8 Å². The molecule has 0 aliphatic rings. The number of benzene rings is 1. The van der Waals surface area contributed by atoms with Gasteiger partial charge in [0.1, 0.15) is 5.56 Å². The largest absolute Gasteiger partial charge is 0.365 e. The maximum atomic E-state index is 12.4. The number of carbonyl (C=O) groups is 2. The molecule has 4 nitrogen and oxygen atoms in total. The van der Waals surface area contributed by atoms with Crippen LogP contribution in [0.2, 0.25) is 0 Å². The lowest BCUT2D eigenvalue weighted by Gasteiger charge is -2.07. The smallest absolute Gasteiger partial charge is 0.254 e. The van der Waals surface area contributed by atoms with Gasteiger partial charge in [-0.3, -0.25) is 9.59 Å². The number of hydrogen-bond acceptors (Lipinski definition) is 2. The second-order valence-electron chi connectivity index (χ2n) is 4.81. The van der Waals surface area contributed by atoms with Gasteiger partial charge in [0, 0.05) is 18.6 Å². The van der Waals surface area contributed by atoms with Crippen molar-refractivity contribution in [2.24, 2.45) is 5.73 Å². The molecule has 2 N–H and O–H groups in total. The molecule has 0 aliphatic heterocycles. The third kappa shape index (κ3) is 2.91. The van der Waals surface area contributed by atoms with Crippen molar-refractivity contribution >= 4 is 11.7 Å². The molecule has 2 rings (SSSR count). The van der Waals surface area contributed by atoms with Gasteiger partial charge in [0.05, 0.1) is 0 Å². The van der Waals surface area contributed by atoms with Gasteiger partial charge in [-0.15, -0.1) is 0 Å². The molecule has 0 bridgehead atoms. The van der Waals surface area contributed by atoms with Gasteiger partial charge in [-0.25, -0.2) is 0 Å². The van der Waals surface area contributed by atoms with E-state index < -0.39 is 11.9 Å². The maximum absolute atomic E-state index is 12.4. The number of pyridine rings is 1. The van der Waals surface area contributed by atoms with Crippen molar-refractivity contribution in [2.45, 2.75) is 19.9 Å². The minimum absolute atomic E-state index is 0.00313. The monoisotopic (exact) mass is 269 g/mol. The summed E-state index contributed by atoms with van der Waals surface area (Å²) in [5.74, 6) is -0.508. The number of aromatic nitrogens is 1. The molecule has 2 aromatic rings. The van der Waals surface area contributed by atoms with E-state index in [1.54, 1.807) is 36.0 Å². The highest BCUT2D eigenvalue weighted by molar-refractivity contribution is 5.97. The summed E-state index contributed by atoms with van der Waals surface area (Å²) in [6.45, 7) is 3.77. The average molecular weight is 269 g/mol. The predicted molar refractivity (Wildman–Crippen MR) is 75.4 cm³/mol. The average Bonchev–Trinajstić information content (AvgIpc) is 2.46. The van der Waals surface area contributed by atoms with Crippen LogP contribution < -0.4 is 10.3 Å². The minimum Gasteiger partial charge on any atom is -0.365 e. The zero-order valence-electron chi connectivity index (χ0n) is 11.5. The molecular formula is C16H17N2O2+. The van der Waals surface area contributed by atoms with E-state index in [1.165, 1.54) is 0 Å². The number of aryl methyl sites for hydroxylation is 1. The van der Waals surface area contributed by atoms with Crippen molar-refractivity contribution < 1.29 is 14.2 Å². The van der Waals surface area contributed by atoms with Crippen LogP contribution in [-0.2, 0) is 0 Å². The Morgan fingerprint density at radius 3 is 2.35 bits per heavy atom. The predicted octanol–water partition coefficient (Wildman–Crippen LogP) is 1.83. The second kappa shape index (κ2) is 5.65. The zero-order valence-corrected chi connectivity index (χ0v) is 11.5. The van der Waals surface area contributed by atoms with E-state index in [9.17, 15) is 9.59 Å². The van der Waals surface area contributed by atoms with E-state index in [1.807, 2.05) is 31.2 Å². The van der Waals surface area contributed by atoms with Crippen molar-refractivity contribution in [3.8, 4) is 0 Å². The van der Waals surface area contributed by atoms with E-state index in [-0.39, 0.29) is 5.78 Å². The van der Waals surface area contributed by atoms with E-state index in [0.29, 0.717) is 11.1 Å². The summed E-state index contributed by atoms with van der Waals surface area (Å²) < 4.78 is 1.70.